The van der Waals surface area contributed by atoms with Gasteiger partial charge in [0, 0.05) is 28.7 Å². The van der Waals surface area contributed by atoms with Gasteiger partial charge in [-0.3, -0.25) is 14.4 Å². The first kappa shape index (κ1) is 41.3. The number of carbonyl (C=O) groups is 4. The van der Waals surface area contributed by atoms with Gasteiger partial charge in [-0.25, -0.2) is 27.8 Å². The highest BCUT2D eigenvalue weighted by Gasteiger charge is 2.41. The average molecular weight is 808 g/mol. The summed E-state index contributed by atoms with van der Waals surface area (Å²) in [7, 11) is 0. The fourth-order valence-corrected chi connectivity index (χ4v) is 6.11. The fraction of sp³-hybridized carbons (Fsp3) is 0.412. The fourth-order valence-electron chi connectivity index (χ4n) is 5.51. The van der Waals surface area contributed by atoms with Crippen LogP contribution in [0.3, 0.4) is 0 Å². The predicted octanol–water partition coefficient (Wildman–Crippen LogP) is 7.10. The van der Waals surface area contributed by atoms with E-state index < -0.39 is 65.3 Å². The summed E-state index contributed by atoms with van der Waals surface area (Å²) < 4.78 is 65.3. The molecule has 3 aromatic rings. The van der Waals surface area contributed by atoms with Gasteiger partial charge in [-0.05, 0) is 62.8 Å². The van der Waals surface area contributed by atoms with Crippen molar-refractivity contribution in [2.45, 2.75) is 77.1 Å². The molecule has 0 spiro atoms. The summed E-state index contributed by atoms with van der Waals surface area (Å²) in [5.41, 5.74) is -0.870. The molecule has 286 valence electrons. The van der Waals surface area contributed by atoms with Crippen molar-refractivity contribution in [3.05, 3.63) is 79.0 Å². The molecule has 0 bridgehead atoms. The summed E-state index contributed by atoms with van der Waals surface area (Å²) in [6, 6.07) is 4.04. The second-order valence-corrected chi connectivity index (χ2v) is 13.2. The van der Waals surface area contributed by atoms with E-state index in [2.05, 4.69) is 5.10 Å². The van der Waals surface area contributed by atoms with E-state index in [1.54, 1.807) is 0 Å². The zero-order valence-electron chi connectivity index (χ0n) is 28.3. The van der Waals surface area contributed by atoms with Crippen LogP contribution in [-0.4, -0.2) is 61.8 Å². The first-order valence-corrected chi connectivity index (χ1v) is 17.5. The molecule has 0 fully saturated rings. The molecule has 1 aliphatic carbocycles. The molecule has 0 saturated carbocycles. The molecule has 2 aromatic carbocycles. The van der Waals surface area contributed by atoms with Crippen LogP contribution in [0.15, 0.2) is 40.2 Å². The third-order valence-electron chi connectivity index (χ3n) is 8.18. The van der Waals surface area contributed by atoms with E-state index in [-0.39, 0.29) is 43.9 Å². The van der Waals surface area contributed by atoms with Crippen LogP contribution in [-0.2, 0) is 30.3 Å². The highest BCUT2D eigenvalue weighted by molar-refractivity contribution is 6.34. The van der Waals surface area contributed by atoms with Crippen molar-refractivity contribution in [1.29, 1.82) is 0 Å². The van der Waals surface area contributed by atoms with Crippen LogP contribution in [0.1, 0.15) is 69.8 Å². The zero-order valence-corrected chi connectivity index (χ0v) is 30.5. The average Bonchev–Trinajstić information content (AvgIpc) is 3.54. The van der Waals surface area contributed by atoms with Gasteiger partial charge >= 0.3 is 24.2 Å². The number of carbonyl (C=O) groups excluding carboxylic acids is 3. The van der Waals surface area contributed by atoms with Crippen molar-refractivity contribution < 1.29 is 51.3 Å². The number of hydrogen-bond acceptors (Lipinski definition) is 8. The van der Waals surface area contributed by atoms with E-state index in [4.69, 9.17) is 49.4 Å². The molecule has 1 atom stereocenters. The number of aryl methyl sites for hydroxylation is 1. The normalized spacial score (nSPS) is 14.6. The number of carboxylic acids is 1. The van der Waals surface area contributed by atoms with Crippen LogP contribution in [0.25, 0.3) is 5.69 Å². The Balaban J connectivity index is 0.000000241. The number of aromatic nitrogens is 3. The van der Waals surface area contributed by atoms with E-state index in [0.29, 0.717) is 35.3 Å². The highest BCUT2D eigenvalue weighted by atomic mass is 35.5. The van der Waals surface area contributed by atoms with E-state index in [1.807, 2.05) is 6.92 Å². The third kappa shape index (κ3) is 9.58. The maximum absolute atomic E-state index is 14.5. The molecule has 0 saturated heterocycles. The number of nitrogens with zero attached hydrogens (tertiary/aromatic N) is 4. The van der Waals surface area contributed by atoms with Crippen LogP contribution in [0, 0.1) is 18.6 Å². The lowest BCUT2D eigenvalue weighted by molar-refractivity contribution is -0.146. The van der Waals surface area contributed by atoms with Crippen molar-refractivity contribution in [3.8, 4) is 11.4 Å². The number of hydrogen-bond donors (Lipinski definition) is 1. The largest absolute Gasteiger partial charge is 0.480 e. The Morgan fingerprint density at radius 1 is 0.943 bits per heavy atom. The standard InChI is InChI=1S/C21H23ClFNO5.C13H10Cl2F3N3O3/c1-2-3-6-9-28-19(25)12-29-18-11-17(16(23)10-15(18)22)24-20(26)13-7-4-5-8-14(13)21(24)27;1-5-19-21(13(24)20(5)12(17)18)10-3-6(2-8(15)11(22)23)7(14)4-9(10)16/h10-11H,2-9,12H2,1H3;3-4,8,12H,2H2,1H3,(H,22,23). The van der Waals surface area contributed by atoms with Crippen LogP contribution >= 0.6 is 34.8 Å². The Morgan fingerprint density at radius 3 is 2.11 bits per heavy atom. The van der Waals surface area contributed by atoms with Gasteiger partial charge in [-0.2, -0.15) is 13.5 Å². The molecule has 5 rings (SSSR count). The second-order valence-electron chi connectivity index (χ2n) is 11.9. The van der Waals surface area contributed by atoms with Gasteiger partial charge in [0.1, 0.15) is 28.5 Å². The maximum Gasteiger partial charge on any atom is 0.355 e. The molecule has 12 nitrogen and oxygen atoms in total. The number of amides is 2. The van der Waals surface area contributed by atoms with Crippen molar-refractivity contribution in [2.24, 2.45) is 0 Å². The Kier molecular flexibility index (Phi) is 14.1. The molecular weight excluding hydrogens is 775 g/mol. The van der Waals surface area contributed by atoms with Crippen LogP contribution in [0.5, 0.6) is 5.75 Å². The molecule has 2 aliphatic rings. The number of benzene rings is 2. The smallest absolute Gasteiger partial charge is 0.355 e. The van der Waals surface area contributed by atoms with Crippen molar-refractivity contribution in [3.63, 3.8) is 0 Å². The van der Waals surface area contributed by atoms with E-state index in [9.17, 15) is 41.5 Å². The molecule has 19 heteroatoms. The van der Waals surface area contributed by atoms with Gasteiger partial charge in [0.2, 0.25) is 0 Å². The Labute approximate surface area is 314 Å². The summed E-state index contributed by atoms with van der Waals surface area (Å²) in [5.74, 6) is -5.01. The van der Waals surface area contributed by atoms with Gasteiger partial charge in [0.05, 0.1) is 17.3 Å². The zero-order chi connectivity index (χ0) is 39.1. The molecule has 0 radical (unpaired) electrons. The Bertz CT molecular complexity index is 1970. The van der Waals surface area contributed by atoms with Crippen LogP contribution < -0.4 is 15.3 Å². The van der Waals surface area contributed by atoms with Crippen molar-refractivity contribution in [2.75, 3.05) is 18.1 Å². The summed E-state index contributed by atoms with van der Waals surface area (Å²) in [4.78, 5) is 60.7. The number of imide groups is 1. The lowest BCUT2D eigenvalue weighted by Gasteiger charge is -2.18. The van der Waals surface area contributed by atoms with Crippen molar-refractivity contribution >= 4 is 64.2 Å². The lowest BCUT2D eigenvalue weighted by atomic mass is 9.93. The minimum atomic E-state index is -3.14. The summed E-state index contributed by atoms with van der Waals surface area (Å²) in [6.45, 7) is -0.0425. The quantitative estimate of drug-likeness (QED) is 0.0628. The van der Waals surface area contributed by atoms with E-state index >= 15 is 0 Å². The number of carboxylic acid groups (broad SMARTS) is 1. The minimum Gasteiger partial charge on any atom is -0.480 e. The SMILES string of the molecule is CCCCCOC(=O)COc1cc(N2C(=O)C3=C(CCCC3)C2=O)c(F)cc1Cl.Cc1nn(-c2cc(CC(Cl)C(=O)O)c(Cl)cc2F)c(=O)n1C(F)F. The third-order valence-corrected chi connectivity index (χ3v) is 9.16. The van der Waals surface area contributed by atoms with Crippen LogP contribution in [0.2, 0.25) is 10.0 Å². The van der Waals surface area contributed by atoms with Gasteiger partial charge in [0.25, 0.3) is 11.8 Å². The summed E-state index contributed by atoms with van der Waals surface area (Å²) >= 11 is 17.5. The molecule has 2 amide bonds. The predicted molar refractivity (Wildman–Crippen MR) is 185 cm³/mol. The second kappa shape index (κ2) is 18.1. The van der Waals surface area contributed by atoms with Gasteiger partial charge in [0.15, 0.2) is 12.4 Å². The molecule has 1 aliphatic heterocycles. The minimum absolute atomic E-state index is 0.000883. The number of ether oxygens (including phenoxy) is 2. The van der Waals surface area contributed by atoms with Crippen LogP contribution in [0.4, 0.5) is 23.2 Å². The number of esters is 1. The monoisotopic (exact) mass is 806 g/mol. The molecule has 53 heavy (non-hydrogen) atoms. The topological polar surface area (TPSA) is 150 Å². The number of anilines is 1. The number of aliphatic carboxylic acids is 1. The number of rotatable bonds is 13. The number of halogens is 7. The molecule has 1 unspecified atom stereocenters. The molecule has 2 heterocycles. The highest BCUT2D eigenvalue weighted by Crippen LogP contribution is 2.39. The van der Waals surface area contributed by atoms with Gasteiger partial charge < -0.3 is 14.6 Å². The van der Waals surface area contributed by atoms with E-state index in [0.717, 1.165) is 62.1 Å². The molecule has 1 N–H and O–H groups in total. The Hall–Kier alpha value is -4.41. The summed E-state index contributed by atoms with van der Waals surface area (Å²) in [5, 5.41) is 10.9. The van der Waals surface area contributed by atoms with E-state index in [1.165, 1.54) is 6.07 Å². The van der Waals surface area contributed by atoms with Gasteiger partial charge in [-0.1, -0.05) is 43.0 Å². The van der Waals surface area contributed by atoms with Crippen molar-refractivity contribution in [1.82, 2.24) is 14.3 Å². The first-order chi connectivity index (χ1) is 25.1. The first-order valence-electron chi connectivity index (χ1n) is 16.3. The number of alkyl halides is 3. The molecule has 1 aromatic heterocycles. The van der Waals surface area contributed by atoms with Gasteiger partial charge in [-0.15, -0.1) is 16.7 Å². The number of unbranched alkanes of at least 4 members (excludes halogenated alkanes) is 2. The Morgan fingerprint density at radius 2 is 1.55 bits per heavy atom. The summed E-state index contributed by atoms with van der Waals surface area (Å²) in [6.07, 6.45) is 5.14. The lowest BCUT2D eigenvalue weighted by Crippen LogP contribution is -2.32. The maximum atomic E-state index is 14.5. The molecular formula is C34H33Cl3F4N4O8.